The van der Waals surface area contributed by atoms with Gasteiger partial charge in [0.1, 0.15) is 23.7 Å². The normalized spacial score (nSPS) is 16.1. The summed E-state index contributed by atoms with van der Waals surface area (Å²) < 4.78 is 46.0. The van der Waals surface area contributed by atoms with Gasteiger partial charge in [-0.3, -0.25) is 15.2 Å². The van der Waals surface area contributed by atoms with Crippen molar-refractivity contribution in [3.05, 3.63) is 82.6 Å². The van der Waals surface area contributed by atoms with Crippen LogP contribution in [0.3, 0.4) is 0 Å². The highest BCUT2D eigenvalue weighted by atomic mass is 32.2. The fraction of sp³-hybridized carbons (Fsp3) is 0.250. The largest absolute Gasteiger partial charge is 0.573 e. The van der Waals surface area contributed by atoms with Gasteiger partial charge in [-0.2, -0.15) is 5.10 Å². The van der Waals surface area contributed by atoms with Crippen molar-refractivity contribution in [1.82, 2.24) is 5.43 Å². The van der Waals surface area contributed by atoms with E-state index in [0.717, 1.165) is 28.5 Å². The van der Waals surface area contributed by atoms with Crippen molar-refractivity contribution in [2.24, 2.45) is 25.8 Å². The summed E-state index contributed by atoms with van der Waals surface area (Å²) in [4.78, 5) is 24.0. The molecule has 3 rings (SSSR count). The van der Waals surface area contributed by atoms with E-state index in [4.69, 9.17) is 15.6 Å². The van der Waals surface area contributed by atoms with Crippen LogP contribution in [0.4, 0.5) is 18.9 Å². The van der Waals surface area contributed by atoms with Gasteiger partial charge in [0.05, 0.1) is 30.8 Å². The quantitative estimate of drug-likeness (QED) is 0.192. The van der Waals surface area contributed by atoms with E-state index in [9.17, 15) is 18.0 Å². The molecule has 1 aliphatic rings. The first-order chi connectivity index (χ1) is 19.9. The third-order valence-electron chi connectivity index (χ3n) is 5.56. The van der Waals surface area contributed by atoms with E-state index in [1.54, 1.807) is 37.6 Å². The van der Waals surface area contributed by atoms with Gasteiger partial charge in [0.15, 0.2) is 5.17 Å². The fourth-order valence-electron chi connectivity index (χ4n) is 3.60. The van der Waals surface area contributed by atoms with E-state index in [1.165, 1.54) is 24.6 Å². The average molecular weight is 603 g/mol. The van der Waals surface area contributed by atoms with Gasteiger partial charge in [0.25, 0.3) is 0 Å². The summed E-state index contributed by atoms with van der Waals surface area (Å²) in [6.45, 7) is 3.77. The first-order valence-electron chi connectivity index (χ1n) is 12.4. The smallest absolute Gasteiger partial charge is 0.497 e. The molecule has 14 heteroatoms. The highest BCUT2D eigenvalue weighted by Gasteiger charge is 2.31. The number of carboxylic acids is 1. The number of hydrogen-bond acceptors (Lipinski definition) is 7. The van der Waals surface area contributed by atoms with E-state index in [2.05, 4.69) is 30.2 Å². The van der Waals surface area contributed by atoms with Crippen LogP contribution in [0.15, 0.2) is 80.5 Å². The molecule has 10 nitrogen and oxygen atoms in total. The second-order valence-corrected chi connectivity index (χ2v) is 9.76. The number of carbonyl (C=O) groups is 1. The van der Waals surface area contributed by atoms with Crippen molar-refractivity contribution in [3.8, 4) is 5.75 Å². The number of aliphatic carboxylic acids is 1. The maximum atomic E-state index is 12.3. The standard InChI is InChI=1S/C28H29F3N6O4S/c1-17-12-23(40-3)13-18(2)25(17)36-27(42-15-24(38)39)37-35-14-19-4-6-20(7-5-19)26(32)34-16-33-21-8-10-22(11-9-21)41-28(29,30)31/h4-8,10-14,16,21H,9,15H2,1-3H3,(H,36,37)(H,38,39)(H2,32,33,34)/b35-14-. The number of halogens is 3. The predicted molar refractivity (Wildman–Crippen MR) is 159 cm³/mol. The first-order valence-corrected chi connectivity index (χ1v) is 13.4. The molecule has 1 atom stereocenters. The third kappa shape index (κ3) is 10.4. The Morgan fingerprint density at radius 3 is 2.48 bits per heavy atom. The van der Waals surface area contributed by atoms with Crippen LogP contribution < -0.4 is 15.9 Å². The Morgan fingerprint density at radius 1 is 1.21 bits per heavy atom. The molecular formula is C28H29F3N6O4S. The number of hydrogen-bond donors (Lipinski definition) is 3. The number of aryl methyl sites for hydroxylation is 2. The molecule has 42 heavy (non-hydrogen) atoms. The molecular weight excluding hydrogens is 573 g/mol. The van der Waals surface area contributed by atoms with Gasteiger partial charge in [-0.1, -0.05) is 42.1 Å². The van der Waals surface area contributed by atoms with Crippen LogP contribution in [-0.4, -0.2) is 59.9 Å². The Balaban J connectivity index is 1.62. The highest BCUT2D eigenvalue weighted by Crippen LogP contribution is 2.29. The lowest BCUT2D eigenvalue weighted by molar-refractivity contribution is -0.303. The number of rotatable bonds is 10. The van der Waals surface area contributed by atoms with E-state index in [1.807, 2.05) is 26.0 Å². The van der Waals surface area contributed by atoms with Crippen LogP contribution in [0.5, 0.6) is 5.75 Å². The van der Waals surface area contributed by atoms with E-state index in [0.29, 0.717) is 22.2 Å². The Labute approximate surface area is 244 Å². The lowest BCUT2D eigenvalue weighted by Crippen LogP contribution is -2.16. The van der Waals surface area contributed by atoms with Crippen molar-refractivity contribution in [1.29, 1.82) is 0 Å². The Morgan fingerprint density at radius 2 is 1.90 bits per heavy atom. The molecule has 0 heterocycles. The van der Waals surface area contributed by atoms with Gasteiger partial charge < -0.3 is 20.3 Å². The number of benzene rings is 2. The van der Waals surface area contributed by atoms with E-state index in [-0.39, 0.29) is 29.8 Å². The minimum atomic E-state index is -4.74. The van der Waals surface area contributed by atoms with Gasteiger partial charge in [-0.25, -0.2) is 9.98 Å². The van der Waals surface area contributed by atoms with Crippen LogP contribution in [0.2, 0.25) is 0 Å². The number of ether oxygens (including phenoxy) is 2. The summed E-state index contributed by atoms with van der Waals surface area (Å²) in [5, 5.41) is 13.6. The number of nitrogens with one attached hydrogen (secondary N) is 1. The minimum absolute atomic E-state index is 0.196. The van der Waals surface area contributed by atoms with Crippen molar-refractivity contribution < 1.29 is 32.5 Å². The van der Waals surface area contributed by atoms with Gasteiger partial charge in [-0.15, -0.1) is 13.2 Å². The molecule has 0 amide bonds. The predicted octanol–water partition coefficient (Wildman–Crippen LogP) is 5.22. The number of aliphatic imine (C=N–C) groups is 3. The number of amidine groups is 2. The SMILES string of the molecule is COc1cc(C)c(N=C(N/N=C\c2ccc(C(N)=NC=NC3C=CC(OC(F)(F)F)=CC3)cc2)SCC(=O)O)c(C)c1. The van der Waals surface area contributed by atoms with Crippen LogP contribution >= 0.6 is 11.8 Å². The third-order valence-corrected chi connectivity index (χ3v) is 6.41. The molecule has 222 valence electrons. The zero-order valence-corrected chi connectivity index (χ0v) is 23.7. The van der Waals surface area contributed by atoms with Crippen LogP contribution in [-0.2, 0) is 9.53 Å². The van der Waals surface area contributed by atoms with Crippen molar-refractivity contribution >= 4 is 47.0 Å². The summed E-state index contributed by atoms with van der Waals surface area (Å²) >= 11 is 1.00. The number of methoxy groups -OCH3 is 1. The molecule has 0 spiro atoms. The summed E-state index contributed by atoms with van der Waals surface area (Å²) in [5.41, 5.74) is 12.6. The topological polar surface area (TPSA) is 143 Å². The molecule has 0 aliphatic heterocycles. The molecule has 2 aromatic carbocycles. The number of nitrogens with two attached hydrogens (primary N) is 1. The summed E-state index contributed by atoms with van der Waals surface area (Å²) in [7, 11) is 1.58. The van der Waals surface area contributed by atoms with Gasteiger partial charge in [0, 0.05) is 5.56 Å². The van der Waals surface area contributed by atoms with Crippen LogP contribution in [0, 0.1) is 13.8 Å². The van der Waals surface area contributed by atoms with Gasteiger partial charge in [0.2, 0.25) is 0 Å². The summed E-state index contributed by atoms with van der Waals surface area (Å²) in [6, 6.07) is 10.3. The lowest BCUT2D eigenvalue weighted by Gasteiger charge is -2.14. The summed E-state index contributed by atoms with van der Waals surface area (Å²) in [5.74, 6) is -0.569. The van der Waals surface area contributed by atoms with Crippen LogP contribution in [0.1, 0.15) is 28.7 Å². The van der Waals surface area contributed by atoms with Crippen molar-refractivity contribution in [3.63, 3.8) is 0 Å². The second kappa shape index (κ2) is 14.9. The average Bonchev–Trinajstić information content (AvgIpc) is 2.93. The van der Waals surface area contributed by atoms with Crippen LogP contribution in [0.25, 0.3) is 0 Å². The van der Waals surface area contributed by atoms with E-state index >= 15 is 0 Å². The molecule has 0 fully saturated rings. The van der Waals surface area contributed by atoms with Gasteiger partial charge >= 0.3 is 12.3 Å². The molecule has 1 unspecified atom stereocenters. The van der Waals surface area contributed by atoms with Crippen molar-refractivity contribution in [2.45, 2.75) is 32.7 Å². The molecule has 0 bridgehead atoms. The number of allylic oxidation sites excluding steroid dienone is 1. The lowest BCUT2D eigenvalue weighted by atomic mass is 10.1. The highest BCUT2D eigenvalue weighted by molar-refractivity contribution is 8.14. The maximum absolute atomic E-state index is 12.3. The molecule has 1 aliphatic carbocycles. The molecule has 0 saturated heterocycles. The van der Waals surface area contributed by atoms with Gasteiger partial charge in [-0.05, 0) is 61.2 Å². The minimum Gasteiger partial charge on any atom is -0.497 e. The summed E-state index contributed by atoms with van der Waals surface area (Å²) in [6.07, 6.45) is 2.30. The zero-order chi connectivity index (χ0) is 30.7. The number of alkyl halides is 3. The zero-order valence-electron chi connectivity index (χ0n) is 22.9. The number of hydrazone groups is 1. The number of nitrogens with zero attached hydrogens (tertiary/aromatic N) is 4. The maximum Gasteiger partial charge on any atom is 0.573 e. The Bertz CT molecular complexity index is 1430. The molecule has 4 N–H and O–H groups in total. The Kier molecular flexibility index (Phi) is 11.3. The monoisotopic (exact) mass is 602 g/mol. The van der Waals surface area contributed by atoms with Crippen molar-refractivity contribution in [2.75, 3.05) is 12.9 Å². The molecule has 0 aromatic heterocycles. The Hall–Kier alpha value is -4.59. The number of thioether (sulfide) groups is 1. The number of carboxylic acid groups (broad SMARTS) is 1. The molecule has 2 aromatic rings. The molecule has 0 radical (unpaired) electrons. The fourth-order valence-corrected chi connectivity index (χ4v) is 4.13. The van der Waals surface area contributed by atoms with E-state index < -0.39 is 12.3 Å². The second-order valence-electron chi connectivity index (χ2n) is 8.80. The first kappa shape index (κ1) is 31.9. The molecule has 0 saturated carbocycles.